The van der Waals surface area contributed by atoms with Crippen molar-refractivity contribution in [2.24, 2.45) is 0 Å². The van der Waals surface area contributed by atoms with Gasteiger partial charge in [0.05, 0.1) is 5.52 Å². The summed E-state index contributed by atoms with van der Waals surface area (Å²) in [6.07, 6.45) is 2.67. The number of aromatic nitrogens is 1. The lowest BCUT2D eigenvalue weighted by Crippen LogP contribution is -2.19. The van der Waals surface area contributed by atoms with Gasteiger partial charge < -0.3 is 5.32 Å². The molecule has 25 heavy (non-hydrogen) atoms. The van der Waals surface area contributed by atoms with Crippen LogP contribution in [0.3, 0.4) is 0 Å². The molecule has 0 spiro atoms. The first kappa shape index (κ1) is 15.8. The van der Waals surface area contributed by atoms with Gasteiger partial charge >= 0.3 is 0 Å². The number of hydrogen-bond donors (Lipinski definition) is 1. The summed E-state index contributed by atoms with van der Waals surface area (Å²) < 4.78 is 13.8. The summed E-state index contributed by atoms with van der Waals surface area (Å²) in [4.78, 5) is 16.7. The number of rotatable bonds is 3. The molecule has 1 unspecified atom stereocenters. The zero-order valence-electron chi connectivity index (χ0n) is 13.5. The molecule has 1 atom stereocenters. The molecule has 5 nitrogen and oxygen atoms in total. The van der Waals surface area contributed by atoms with E-state index in [0.29, 0.717) is 17.0 Å². The van der Waals surface area contributed by atoms with Crippen LogP contribution in [0.1, 0.15) is 16.8 Å². The molecule has 1 aromatic heterocycles. The standard InChI is InChI=1S/C19H17N3O2S/c23-19(21-16-7-4-14-3-1-10-20-18(14)13-16)15-5-8-17(9-6-15)22-11-2-12-25(22)24/h1,3-10,13H,2,11-12H2,(H,21,23). The highest BCUT2D eigenvalue weighted by molar-refractivity contribution is 7.86. The van der Waals surface area contributed by atoms with E-state index in [1.165, 1.54) is 0 Å². The van der Waals surface area contributed by atoms with Crippen LogP contribution in [-0.2, 0) is 11.0 Å². The quantitative estimate of drug-likeness (QED) is 0.787. The summed E-state index contributed by atoms with van der Waals surface area (Å²) in [5, 5.41) is 3.93. The minimum atomic E-state index is -0.948. The third-order valence-electron chi connectivity index (χ3n) is 4.21. The Morgan fingerprint density at radius 1 is 1.12 bits per heavy atom. The van der Waals surface area contributed by atoms with Gasteiger partial charge in [-0.05, 0) is 48.9 Å². The van der Waals surface area contributed by atoms with E-state index in [2.05, 4.69) is 10.3 Å². The molecule has 0 radical (unpaired) electrons. The highest BCUT2D eigenvalue weighted by Crippen LogP contribution is 2.22. The average molecular weight is 351 g/mol. The number of amides is 1. The second-order valence-electron chi connectivity index (χ2n) is 5.89. The Morgan fingerprint density at radius 2 is 1.96 bits per heavy atom. The van der Waals surface area contributed by atoms with E-state index in [9.17, 15) is 9.00 Å². The first-order valence-corrected chi connectivity index (χ1v) is 9.40. The largest absolute Gasteiger partial charge is 0.322 e. The lowest BCUT2D eigenvalue weighted by molar-refractivity contribution is 0.102. The van der Waals surface area contributed by atoms with E-state index in [4.69, 9.17) is 0 Å². The zero-order valence-corrected chi connectivity index (χ0v) is 14.3. The zero-order chi connectivity index (χ0) is 17.2. The Balaban J connectivity index is 1.51. The number of anilines is 2. The van der Waals surface area contributed by atoms with Crippen molar-refractivity contribution in [3.05, 3.63) is 66.4 Å². The van der Waals surface area contributed by atoms with Crippen LogP contribution in [0.2, 0.25) is 0 Å². The lowest BCUT2D eigenvalue weighted by atomic mass is 10.1. The molecule has 1 aliphatic rings. The summed E-state index contributed by atoms with van der Waals surface area (Å²) in [7, 11) is -0.948. The molecule has 1 amide bonds. The van der Waals surface area contributed by atoms with Crippen molar-refractivity contribution in [3.8, 4) is 0 Å². The minimum Gasteiger partial charge on any atom is -0.322 e. The first-order valence-electron chi connectivity index (χ1n) is 8.13. The fourth-order valence-electron chi connectivity index (χ4n) is 2.92. The Hall–Kier alpha value is -2.73. The number of nitrogens with one attached hydrogen (secondary N) is 1. The van der Waals surface area contributed by atoms with Crippen molar-refractivity contribution in [1.82, 2.24) is 4.98 Å². The van der Waals surface area contributed by atoms with Crippen molar-refractivity contribution in [3.63, 3.8) is 0 Å². The van der Waals surface area contributed by atoms with Gasteiger partial charge in [-0.2, -0.15) is 0 Å². The second-order valence-corrected chi connectivity index (χ2v) is 7.39. The number of pyridine rings is 1. The Labute approximate surface area is 148 Å². The van der Waals surface area contributed by atoms with Crippen molar-refractivity contribution < 1.29 is 9.00 Å². The van der Waals surface area contributed by atoms with Crippen LogP contribution in [0.25, 0.3) is 10.9 Å². The van der Waals surface area contributed by atoms with Gasteiger partial charge in [-0.1, -0.05) is 12.1 Å². The number of carbonyl (C=O) groups is 1. The molecule has 3 aromatic rings. The number of fused-ring (bicyclic) bond motifs is 1. The smallest absolute Gasteiger partial charge is 0.255 e. The van der Waals surface area contributed by atoms with Gasteiger partial charge in [-0.15, -0.1) is 0 Å². The van der Waals surface area contributed by atoms with Crippen molar-refractivity contribution in [2.45, 2.75) is 6.42 Å². The molecule has 2 heterocycles. The Bertz CT molecular complexity index is 956. The number of carbonyl (C=O) groups excluding carboxylic acids is 1. The third kappa shape index (κ3) is 3.25. The Morgan fingerprint density at radius 3 is 2.72 bits per heavy atom. The summed E-state index contributed by atoms with van der Waals surface area (Å²) >= 11 is 0. The van der Waals surface area contributed by atoms with Crippen LogP contribution >= 0.6 is 0 Å². The summed E-state index contributed by atoms with van der Waals surface area (Å²) in [5.41, 5.74) is 3.00. The molecule has 1 fully saturated rings. The van der Waals surface area contributed by atoms with Gasteiger partial charge in [0.15, 0.2) is 0 Å². The molecular weight excluding hydrogens is 334 g/mol. The molecule has 0 saturated carbocycles. The van der Waals surface area contributed by atoms with Crippen molar-refractivity contribution in [1.29, 1.82) is 0 Å². The van der Waals surface area contributed by atoms with Gasteiger partial charge in [0, 0.05) is 40.8 Å². The van der Waals surface area contributed by atoms with Crippen LogP contribution in [-0.4, -0.2) is 27.4 Å². The van der Waals surface area contributed by atoms with Gasteiger partial charge in [-0.25, -0.2) is 4.21 Å². The minimum absolute atomic E-state index is 0.177. The van der Waals surface area contributed by atoms with Crippen LogP contribution in [0.4, 0.5) is 11.4 Å². The normalized spacial score (nSPS) is 17.0. The fourth-order valence-corrected chi connectivity index (χ4v) is 4.20. The van der Waals surface area contributed by atoms with Gasteiger partial charge in [-0.3, -0.25) is 14.1 Å². The molecule has 6 heteroatoms. The maximum absolute atomic E-state index is 12.4. The highest BCUT2D eigenvalue weighted by atomic mass is 32.2. The fraction of sp³-hybridized carbons (Fsp3) is 0.158. The highest BCUT2D eigenvalue weighted by Gasteiger charge is 2.20. The first-order chi connectivity index (χ1) is 12.2. The Kier molecular flexibility index (Phi) is 4.19. The van der Waals surface area contributed by atoms with E-state index in [0.717, 1.165) is 29.6 Å². The van der Waals surface area contributed by atoms with E-state index >= 15 is 0 Å². The average Bonchev–Trinajstić information content (AvgIpc) is 3.08. The van der Waals surface area contributed by atoms with E-state index in [-0.39, 0.29) is 5.91 Å². The number of nitrogens with zero attached hydrogens (tertiary/aromatic N) is 2. The molecule has 4 rings (SSSR count). The van der Waals surface area contributed by atoms with Crippen molar-refractivity contribution >= 4 is 39.2 Å². The molecule has 126 valence electrons. The molecular formula is C19H17N3O2S. The number of hydrogen-bond acceptors (Lipinski definition) is 3. The van der Waals surface area contributed by atoms with Crippen molar-refractivity contribution in [2.75, 3.05) is 21.9 Å². The summed E-state index contributed by atoms with van der Waals surface area (Å²) in [6, 6.07) is 16.7. The molecule has 1 saturated heterocycles. The van der Waals surface area contributed by atoms with Gasteiger partial charge in [0.1, 0.15) is 11.0 Å². The van der Waals surface area contributed by atoms with Crippen LogP contribution < -0.4 is 9.62 Å². The predicted octanol–water partition coefficient (Wildman–Crippen LogP) is 3.36. The van der Waals surface area contributed by atoms with E-state index in [1.807, 2.05) is 46.8 Å². The molecule has 0 bridgehead atoms. The SMILES string of the molecule is O=C(Nc1ccc2cccnc2c1)c1ccc(N2CCCS2=O)cc1. The van der Waals surface area contributed by atoms with Gasteiger partial charge in [0.25, 0.3) is 5.91 Å². The topological polar surface area (TPSA) is 62.3 Å². The predicted molar refractivity (Wildman–Crippen MR) is 101 cm³/mol. The van der Waals surface area contributed by atoms with E-state index in [1.54, 1.807) is 18.3 Å². The lowest BCUT2D eigenvalue weighted by Gasteiger charge is -2.16. The molecule has 0 aliphatic carbocycles. The monoisotopic (exact) mass is 351 g/mol. The molecule has 1 N–H and O–H groups in total. The maximum atomic E-state index is 12.4. The number of benzene rings is 2. The van der Waals surface area contributed by atoms with Crippen LogP contribution in [0, 0.1) is 0 Å². The molecule has 1 aliphatic heterocycles. The summed E-state index contributed by atoms with van der Waals surface area (Å²) in [5.74, 6) is 0.530. The maximum Gasteiger partial charge on any atom is 0.255 e. The third-order valence-corrected chi connectivity index (χ3v) is 5.73. The van der Waals surface area contributed by atoms with Gasteiger partial charge in [0.2, 0.25) is 0 Å². The molecule has 2 aromatic carbocycles. The van der Waals surface area contributed by atoms with Crippen LogP contribution in [0.15, 0.2) is 60.8 Å². The second kappa shape index (κ2) is 6.64. The van der Waals surface area contributed by atoms with E-state index < -0.39 is 11.0 Å². The van der Waals surface area contributed by atoms with Crippen LogP contribution in [0.5, 0.6) is 0 Å². The summed E-state index contributed by atoms with van der Waals surface area (Å²) in [6.45, 7) is 0.794.